The van der Waals surface area contributed by atoms with Gasteiger partial charge in [-0.3, -0.25) is 9.48 Å². The molecule has 0 fully saturated rings. The molecule has 1 aromatic heterocycles. The van der Waals surface area contributed by atoms with Crippen molar-refractivity contribution in [3.63, 3.8) is 0 Å². The van der Waals surface area contributed by atoms with Gasteiger partial charge in [0, 0.05) is 13.5 Å². The number of hydrogen-bond donors (Lipinski definition) is 0. The van der Waals surface area contributed by atoms with Crippen LogP contribution in [0.4, 0.5) is 8.78 Å². The van der Waals surface area contributed by atoms with E-state index >= 15 is 0 Å². The Morgan fingerprint density at radius 2 is 2.06 bits per heavy atom. The fraction of sp³-hybridized carbons (Fsp3) is 0.636. The van der Waals surface area contributed by atoms with Crippen molar-refractivity contribution in [2.45, 2.75) is 40.7 Å². The summed E-state index contributed by atoms with van der Waals surface area (Å²) < 4.78 is 26.3. The molecule has 0 atom stereocenters. The second-order valence-electron chi connectivity index (χ2n) is 5.03. The summed E-state index contributed by atoms with van der Waals surface area (Å²) >= 11 is 0. The second kappa shape index (κ2) is 4.31. The van der Waals surface area contributed by atoms with Crippen LogP contribution in [0.1, 0.15) is 50.3 Å². The summed E-state index contributed by atoms with van der Waals surface area (Å²) in [6, 6.07) is 1.17. The molecule has 0 unspecified atom stereocenters. The highest BCUT2D eigenvalue weighted by molar-refractivity contribution is 5.92. The third kappa shape index (κ3) is 3.12. The highest BCUT2D eigenvalue weighted by Crippen LogP contribution is 2.22. The Balaban J connectivity index is 3.10. The largest absolute Gasteiger partial charge is 0.293 e. The van der Waals surface area contributed by atoms with Gasteiger partial charge < -0.3 is 0 Å². The zero-order valence-corrected chi connectivity index (χ0v) is 9.92. The summed E-state index contributed by atoms with van der Waals surface area (Å²) in [4.78, 5) is 11.3. The molecule has 0 saturated heterocycles. The number of rotatable bonds is 3. The lowest BCUT2D eigenvalue weighted by atomic mass is 9.97. The van der Waals surface area contributed by atoms with Crippen LogP contribution in [-0.4, -0.2) is 15.6 Å². The highest BCUT2D eigenvalue weighted by atomic mass is 19.3. The van der Waals surface area contributed by atoms with E-state index in [1.165, 1.54) is 17.7 Å². The van der Waals surface area contributed by atoms with Crippen molar-refractivity contribution in [3.8, 4) is 0 Å². The molecular weight excluding hydrogens is 214 g/mol. The molecule has 90 valence electrons. The van der Waals surface area contributed by atoms with Gasteiger partial charge in [-0.2, -0.15) is 5.10 Å². The molecule has 0 aliphatic heterocycles. The van der Waals surface area contributed by atoms with Crippen molar-refractivity contribution < 1.29 is 13.6 Å². The molecule has 0 aromatic carbocycles. The third-order valence-corrected chi connectivity index (χ3v) is 2.01. The Morgan fingerprint density at radius 3 is 2.44 bits per heavy atom. The number of aromatic nitrogens is 2. The molecule has 16 heavy (non-hydrogen) atoms. The molecule has 0 bridgehead atoms. The standard InChI is InChI=1S/C11H16F2N2O/c1-7(16)9-5-8(10(12)13)14-15(9)6-11(2,3)4/h5,10H,6H2,1-4H3. The van der Waals surface area contributed by atoms with Crippen LogP contribution in [0.2, 0.25) is 0 Å². The number of Topliss-reactive ketones (excluding diaryl/α,β-unsaturated/α-hetero) is 1. The summed E-state index contributed by atoms with van der Waals surface area (Å²) in [5, 5.41) is 3.76. The molecule has 1 aromatic rings. The van der Waals surface area contributed by atoms with Gasteiger partial charge in [-0.15, -0.1) is 0 Å². The zero-order valence-electron chi connectivity index (χ0n) is 9.92. The van der Waals surface area contributed by atoms with Crippen LogP contribution in [-0.2, 0) is 6.54 Å². The molecule has 1 heterocycles. The molecule has 1 rings (SSSR count). The van der Waals surface area contributed by atoms with Crippen molar-refractivity contribution in [2.75, 3.05) is 0 Å². The zero-order chi connectivity index (χ0) is 12.5. The van der Waals surface area contributed by atoms with Gasteiger partial charge in [-0.05, 0) is 11.5 Å². The van der Waals surface area contributed by atoms with Crippen LogP contribution in [0.25, 0.3) is 0 Å². The van der Waals surface area contributed by atoms with Crippen LogP contribution in [0, 0.1) is 5.41 Å². The minimum atomic E-state index is -2.64. The lowest BCUT2D eigenvalue weighted by Crippen LogP contribution is -2.19. The van der Waals surface area contributed by atoms with E-state index in [1.807, 2.05) is 20.8 Å². The summed E-state index contributed by atoms with van der Waals surface area (Å²) in [5.74, 6) is -0.247. The first-order chi connectivity index (χ1) is 7.20. The van der Waals surface area contributed by atoms with Gasteiger partial charge in [0.15, 0.2) is 5.78 Å². The fourth-order valence-electron chi connectivity index (χ4n) is 1.40. The Morgan fingerprint density at radius 1 is 1.50 bits per heavy atom. The SMILES string of the molecule is CC(=O)c1cc(C(F)F)nn1CC(C)(C)C. The molecule has 0 aliphatic carbocycles. The van der Waals surface area contributed by atoms with E-state index < -0.39 is 6.43 Å². The Labute approximate surface area is 93.5 Å². The average molecular weight is 230 g/mol. The lowest BCUT2D eigenvalue weighted by molar-refractivity contribution is 0.1000. The number of hydrogen-bond acceptors (Lipinski definition) is 2. The maximum Gasteiger partial charge on any atom is 0.282 e. The molecule has 0 saturated carbocycles. The van der Waals surface area contributed by atoms with Crippen molar-refractivity contribution in [2.24, 2.45) is 5.41 Å². The number of ketones is 1. The van der Waals surface area contributed by atoms with E-state index in [0.29, 0.717) is 6.54 Å². The van der Waals surface area contributed by atoms with Gasteiger partial charge in [-0.25, -0.2) is 8.78 Å². The monoisotopic (exact) mass is 230 g/mol. The predicted molar refractivity (Wildman–Crippen MR) is 56.6 cm³/mol. The first kappa shape index (κ1) is 12.8. The van der Waals surface area contributed by atoms with Gasteiger partial charge in [-0.1, -0.05) is 20.8 Å². The van der Waals surface area contributed by atoms with E-state index in [2.05, 4.69) is 5.10 Å². The van der Waals surface area contributed by atoms with Crippen molar-refractivity contribution >= 4 is 5.78 Å². The summed E-state index contributed by atoms with van der Waals surface area (Å²) in [5.41, 5.74) is -0.213. The predicted octanol–water partition coefficient (Wildman–Crippen LogP) is 3.07. The van der Waals surface area contributed by atoms with Crippen molar-refractivity contribution in [1.29, 1.82) is 0 Å². The Bertz CT molecular complexity index is 391. The number of alkyl halides is 2. The number of nitrogens with zero attached hydrogens (tertiary/aromatic N) is 2. The van der Waals surface area contributed by atoms with Gasteiger partial charge in [0.25, 0.3) is 6.43 Å². The molecule has 0 amide bonds. The minimum Gasteiger partial charge on any atom is -0.293 e. The number of halogens is 2. The van der Waals surface area contributed by atoms with Crippen LogP contribution < -0.4 is 0 Å². The lowest BCUT2D eigenvalue weighted by Gasteiger charge is -2.19. The number of carbonyl (C=O) groups excluding carboxylic acids is 1. The normalized spacial score (nSPS) is 12.2. The molecular formula is C11H16F2N2O. The van der Waals surface area contributed by atoms with Gasteiger partial charge in [0.2, 0.25) is 0 Å². The Hall–Kier alpha value is -1.26. The summed E-state index contributed by atoms with van der Waals surface area (Å²) in [6.45, 7) is 7.67. The van der Waals surface area contributed by atoms with E-state index in [0.717, 1.165) is 0 Å². The molecule has 0 radical (unpaired) electrons. The van der Waals surface area contributed by atoms with Crippen LogP contribution in [0.3, 0.4) is 0 Å². The molecule has 3 nitrogen and oxygen atoms in total. The summed E-state index contributed by atoms with van der Waals surface area (Å²) in [6.07, 6.45) is -2.64. The topological polar surface area (TPSA) is 34.9 Å². The fourth-order valence-corrected chi connectivity index (χ4v) is 1.40. The van der Waals surface area contributed by atoms with Gasteiger partial charge >= 0.3 is 0 Å². The first-order valence-electron chi connectivity index (χ1n) is 5.07. The summed E-state index contributed by atoms with van der Waals surface area (Å²) in [7, 11) is 0. The average Bonchev–Trinajstić information content (AvgIpc) is 2.44. The first-order valence-corrected chi connectivity index (χ1v) is 5.07. The van der Waals surface area contributed by atoms with Crippen LogP contribution in [0.5, 0.6) is 0 Å². The number of carbonyl (C=O) groups is 1. The second-order valence-corrected chi connectivity index (χ2v) is 5.03. The maximum absolute atomic E-state index is 12.5. The van der Waals surface area contributed by atoms with Crippen LogP contribution in [0.15, 0.2) is 6.07 Å². The quantitative estimate of drug-likeness (QED) is 0.748. The van der Waals surface area contributed by atoms with E-state index in [9.17, 15) is 13.6 Å². The molecule has 0 aliphatic rings. The Kier molecular flexibility index (Phi) is 3.45. The van der Waals surface area contributed by atoms with Crippen molar-refractivity contribution in [1.82, 2.24) is 9.78 Å². The smallest absolute Gasteiger partial charge is 0.282 e. The van der Waals surface area contributed by atoms with Gasteiger partial charge in [0.1, 0.15) is 11.4 Å². The molecule has 0 N–H and O–H groups in total. The molecule has 5 heteroatoms. The maximum atomic E-state index is 12.5. The van der Waals surface area contributed by atoms with E-state index in [1.54, 1.807) is 0 Å². The van der Waals surface area contributed by atoms with E-state index in [4.69, 9.17) is 0 Å². The molecule has 0 spiro atoms. The third-order valence-electron chi connectivity index (χ3n) is 2.01. The van der Waals surface area contributed by atoms with Crippen LogP contribution >= 0.6 is 0 Å². The van der Waals surface area contributed by atoms with E-state index in [-0.39, 0.29) is 22.6 Å². The minimum absolute atomic E-state index is 0.115. The highest BCUT2D eigenvalue weighted by Gasteiger charge is 2.21. The van der Waals surface area contributed by atoms with Crippen molar-refractivity contribution in [3.05, 3.63) is 17.5 Å². The van der Waals surface area contributed by atoms with Gasteiger partial charge in [0.05, 0.1) is 0 Å².